The molecule has 0 heterocycles. The van der Waals surface area contributed by atoms with Gasteiger partial charge in [0.25, 0.3) is 0 Å². The third-order valence-electron chi connectivity index (χ3n) is 2.19. The normalized spacial score (nSPS) is 12.6. The van der Waals surface area contributed by atoms with E-state index in [1.54, 1.807) is 13.8 Å². The Bertz CT molecular complexity index is 340. The van der Waals surface area contributed by atoms with E-state index in [9.17, 15) is 17.6 Å². The van der Waals surface area contributed by atoms with E-state index in [4.69, 9.17) is 5.11 Å². The van der Waals surface area contributed by atoms with Crippen LogP contribution in [-0.4, -0.2) is 37.5 Å². The molecule has 0 radical (unpaired) electrons. The molecule has 0 amide bonds. The highest BCUT2D eigenvalue weighted by Crippen LogP contribution is 2.13. The van der Waals surface area contributed by atoms with Crippen LogP contribution in [0.15, 0.2) is 0 Å². The highest BCUT2D eigenvalue weighted by Gasteiger charge is 2.25. The first kappa shape index (κ1) is 16.3. The highest BCUT2D eigenvalue weighted by atomic mass is 32.2. The second-order valence-corrected chi connectivity index (χ2v) is 6.44. The fourth-order valence-corrected chi connectivity index (χ4v) is 2.96. The number of sulfonamides is 1. The molecular formula is C10H20FNO4S. The van der Waals surface area contributed by atoms with E-state index in [0.717, 1.165) is 0 Å². The van der Waals surface area contributed by atoms with Crippen molar-refractivity contribution >= 4 is 16.0 Å². The maximum Gasteiger partial charge on any atom is 0.303 e. The first-order valence-electron chi connectivity index (χ1n) is 5.48. The maximum absolute atomic E-state index is 11.8. The predicted molar refractivity (Wildman–Crippen MR) is 63.1 cm³/mol. The van der Waals surface area contributed by atoms with Crippen LogP contribution in [0.25, 0.3) is 0 Å². The lowest BCUT2D eigenvalue weighted by Crippen LogP contribution is -2.44. The summed E-state index contributed by atoms with van der Waals surface area (Å²) in [5, 5.41) is 8.53. The summed E-state index contributed by atoms with van der Waals surface area (Å²) >= 11 is 0. The van der Waals surface area contributed by atoms with Gasteiger partial charge in [0.15, 0.2) is 0 Å². The number of carboxylic acid groups (broad SMARTS) is 1. The summed E-state index contributed by atoms with van der Waals surface area (Å²) in [6, 6.07) is 0. The number of carbonyl (C=O) groups is 1. The largest absolute Gasteiger partial charge is 0.481 e. The van der Waals surface area contributed by atoms with Gasteiger partial charge in [-0.3, -0.25) is 9.18 Å². The molecule has 0 rings (SSSR count). The van der Waals surface area contributed by atoms with Gasteiger partial charge >= 0.3 is 5.97 Å². The van der Waals surface area contributed by atoms with Gasteiger partial charge in [-0.15, -0.1) is 0 Å². The van der Waals surface area contributed by atoms with E-state index >= 15 is 0 Å². The molecule has 0 atom stereocenters. The fourth-order valence-electron chi connectivity index (χ4n) is 1.33. The molecule has 0 aliphatic heterocycles. The fraction of sp³-hybridized carbons (Fsp3) is 0.900. The number of carboxylic acids is 1. The van der Waals surface area contributed by atoms with Crippen LogP contribution in [-0.2, 0) is 14.8 Å². The monoisotopic (exact) mass is 269 g/mol. The highest BCUT2D eigenvalue weighted by molar-refractivity contribution is 7.89. The Kier molecular flexibility index (Phi) is 6.62. The molecule has 0 spiro atoms. The van der Waals surface area contributed by atoms with Gasteiger partial charge < -0.3 is 5.11 Å². The van der Waals surface area contributed by atoms with Gasteiger partial charge in [0.05, 0.1) is 12.4 Å². The molecule has 0 unspecified atom stereocenters. The molecule has 102 valence electrons. The zero-order valence-corrected chi connectivity index (χ0v) is 11.0. The minimum absolute atomic E-state index is 0.0972. The molecule has 0 aromatic rings. The number of unbranched alkanes of at least 4 members (excludes halogenated alkanes) is 1. The lowest BCUT2D eigenvalue weighted by molar-refractivity contribution is -0.137. The lowest BCUT2D eigenvalue weighted by Gasteiger charge is -2.25. The molecule has 0 aliphatic rings. The van der Waals surface area contributed by atoms with Crippen molar-refractivity contribution in [1.82, 2.24) is 4.72 Å². The molecule has 0 aromatic heterocycles. The van der Waals surface area contributed by atoms with Crippen LogP contribution in [0, 0.1) is 0 Å². The van der Waals surface area contributed by atoms with E-state index in [0.29, 0.717) is 0 Å². The van der Waals surface area contributed by atoms with E-state index in [-0.39, 0.29) is 31.4 Å². The molecule has 7 heteroatoms. The zero-order chi connectivity index (χ0) is 13.5. The Hall–Kier alpha value is -0.690. The van der Waals surface area contributed by atoms with Crippen molar-refractivity contribution in [1.29, 1.82) is 0 Å². The minimum atomic E-state index is -3.47. The van der Waals surface area contributed by atoms with Crippen molar-refractivity contribution in [3.05, 3.63) is 0 Å². The molecule has 0 saturated heterocycles. The Morgan fingerprint density at radius 1 is 1.35 bits per heavy atom. The molecular weight excluding hydrogens is 249 g/mol. The van der Waals surface area contributed by atoms with Crippen molar-refractivity contribution in [2.24, 2.45) is 0 Å². The number of nitrogens with one attached hydrogen (secondary N) is 1. The van der Waals surface area contributed by atoms with Crippen molar-refractivity contribution in [3.63, 3.8) is 0 Å². The summed E-state index contributed by atoms with van der Waals surface area (Å²) in [5.41, 5.74) is -0.799. The van der Waals surface area contributed by atoms with Crippen LogP contribution < -0.4 is 4.72 Å². The second kappa shape index (κ2) is 6.90. The first-order chi connectivity index (χ1) is 7.68. The number of hydrogen-bond donors (Lipinski definition) is 2. The maximum atomic E-state index is 11.8. The summed E-state index contributed by atoms with van der Waals surface area (Å²) in [7, 11) is -3.47. The predicted octanol–water partition coefficient (Wildman–Crippen LogP) is 1.30. The number of halogens is 1. The van der Waals surface area contributed by atoms with Crippen molar-refractivity contribution < 1.29 is 22.7 Å². The van der Waals surface area contributed by atoms with Crippen molar-refractivity contribution in [3.8, 4) is 0 Å². The van der Waals surface area contributed by atoms with Crippen LogP contribution in [0.1, 0.15) is 39.5 Å². The smallest absolute Gasteiger partial charge is 0.303 e. The van der Waals surface area contributed by atoms with Crippen LogP contribution in [0.5, 0.6) is 0 Å². The molecule has 5 nitrogen and oxygen atoms in total. The van der Waals surface area contributed by atoms with Gasteiger partial charge in [0.1, 0.15) is 0 Å². The van der Waals surface area contributed by atoms with E-state index in [2.05, 4.69) is 4.72 Å². The summed E-state index contributed by atoms with van der Waals surface area (Å²) in [6.07, 6.45) is 0.599. The van der Waals surface area contributed by atoms with E-state index in [1.165, 1.54) is 0 Å². The van der Waals surface area contributed by atoms with E-state index in [1.807, 2.05) is 0 Å². The van der Waals surface area contributed by atoms with Gasteiger partial charge in [-0.1, -0.05) is 0 Å². The van der Waals surface area contributed by atoms with Crippen LogP contribution in [0.3, 0.4) is 0 Å². The SMILES string of the molecule is CC(C)(CCC(=O)O)NS(=O)(=O)CCCCF. The van der Waals surface area contributed by atoms with Crippen LogP contribution >= 0.6 is 0 Å². The quantitative estimate of drug-likeness (QED) is 0.618. The van der Waals surface area contributed by atoms with E-state index < -0.39 is 28.2 Å². The van der Waals surface area contributed by atoms with Crippen LogP contribution in [0.4, 0.5) is 4.39 Å². The molecule has 2 N–H and O–H groups in total. The Morgan fingerprint density at radius 3 is 2.41 bits per heavy atom. The Labute approximate surface area is 101 Å². The van der Waals surface area contributed by atoms with Crippen molar-refractivity contribution in [2.75, 3.05) is 12.4 Å². The van der Waals surface area contributed by atoms with Gasteiger partial charge in [0, 0.05) is 12.0 Å². The second-order valence-electron chi connectivity index (χ2n) is 4.59. The average Bonchev–Trinajstić information content (AvgIpc) is 2.13. The van der Waals surface area contributed by atoms with Gasteiger partial charge in [-0.05, 0) is 33.1 Å². The topological polar surface area (TPSA) is 83.5 Å². The first-order valence-corrected chi connectivity index (χ1v) is 7.13. The third-order valence-corrected chi connectivity index (χ3v) is 3.88. The number of hydrogen-bond acceptors (Lipinski definition) is 3. The summed E-state index contributed by atoms with van der Waals surface area (Å²) in [5.74, 6) is -1.09. The Morgan fingerprint density at radius 2 is 1.94 bits per heavy atom. The number of aliphatic carboxylic acids is 1. The molecule has 0 bridgehead atoms. The number of rotatable bonds is 9. The Balaban J connectivity index is 4.23. The number of alkyl halides is 1. The molecule has 0 fully saturated rings. The summed E-state index contributed by atoms with van der Waals surface area (Å²) in [6.45, 7) is 2.73. The van der Waals surface area contributed by atoms with Gasteiger partial charge in [0.2, 0.25) is 10.0 Å². The average molecular weight is 269 g/mol. The molecule has 0 aromatic carbocycles. The van der Waals surface area contributed by atoms with Gasteiger partial charge in [-0.25, -0.2) is 13.1 Å². The lowest BCUT2D eigenvalue weighted by atomic mass is 10.0. The van der Waals surface area contributed by atoms with Crippen LogP contribution in [0.2, 0.25) is 0 Å². The zero-order valence-electron chi connectivity index (χ0n) is 10.2. The molecule has 17 heavy (non-hydrogen) atoms. The summed E-state index contributed by atoms with van der Waals surface area (Å²) < 4.78 is 37.4. The minimum Gasteiger partial charge on any atom is -0.481 e. The van der Waals surface area contributed by atoms with Crippen molar-refractivity contribution in [2.45, 2.75) is 45.1 Å². The third kappa shape index (κ3) is 9.05. The standard InChI is InChI=1S/C10H20FNO4S/c1-10(2,6-5-9(13)14)12-17(15,16)8-4-3-7-11/h12H,3-8H2,1-2H3,(H,13,14). The van der Waals surface area contributed by atoms with Gasteiger partial charge in [-0.2, -0.15) is 0 Å². The molecule has 0 saturated carbocycles. The molecule has 0 aliphatic carbocycles. The summed E-state index contributed by atoms with van der Waals surface area (Å²) in [4.78, 5) is 10.4.